The number of likely N-dealkylation sites (tertiary alicyclic amines) is 1. The third-order valence-corrected chi connectivity index (χ3v) is 4.49. The van der Waals surface area contributed by atoms with Crippen LogP contribution in [0.15, 0.2) is 0 Å². The number of carbonyl (C=O) groups is 1. The second-order valence-electron chi connectivity index (χ2n) is 10.7. The number of piperidine rings is 1. The van der Waals surface area contributed by atoms with E-state index in [4.69, 9.17) is 4.74 Å². The van der Waals surface area contributed by atoms with Gasteiger partial charge in [0.1, 0.15) is 5.60 Å². The molecule has 0 bridgehead atoms. The molecule has 0 aliphatic carbocycles. The predicted molar refractivity (Wildman–Crippen MR) is 106 cm³/mol. The Bertz CT molecular complexity index is 432. The van der Waals surface area contributed by atoms with Gasteiger partial charge in [-0.3, -0.25) is 0 Å². The third-order valence-electron chi connectivity index (χ3n) is 4.49. The Balaban J connectivity index is 2.66. The molecule has 148 valence electrons. The highest BCUT2D eigenvalue weighted by molar-refractivity contribution is 5.68. The van der Waals surface area contributed by atoms with Crippen molar-refractivity contribution >= 4 is 6.09 Å². The minimum absolute atomic E-state index is 0.0864. The summed E-state index contributed by atoms with van der Waals surface area (Å²) in [6.45, 7) is 20.3. The highest BCUT2D eigenvalue weighted by atomic mass is 16.6. The van der Waals surface area contributed by atoms with Crippen LogP contribution in [-0.4, -0.2) is 40.8 Å². The second kappa shape index (κ2) is 8.28. The van der Waals surface area contributed by atoms with Gasteiger partial charge in [-0.2, -0.15) is 0 Å². The van der Waals surface area contributed by atoms with Gasteiger partial charge in [0, 0.05) is 24.2 Å². The molecule has 0 spiro atoms. The van der Waals surface area contributed by atoms with Gasteiger partial charge in [0.05, 0.1) is 0 Å². The summed E-state index contributed by atoms with van der Waals surface area (Å²) in [6.07, 6.45) is 5.29. The fourth-order valence-corrected chi connectivity index (χ4v) is 4.32. The lowest BCUT2D eigenvalue weighted by molar-refractivity contribution is 0.00751. The number of rotatable bonds is 5. The molecule has 1 aliphatic rings. The number of ether oxygens (including phenoxy) is 1. The largest absolute Gasteiger partial charge is 0.444 e. The minimum Gasteiger partial charge on any atom is -0.444 e. The topological polar surface area (TPSA) is 41.6 Å². The first-order chi connectivity index (χ1) is 11.2. The zero-order chi connectivity index (χ0) is 19.5. The van der Waals surface area contributed by atoms with Crippen LogP contribution in [0.2, 0.25) is 0 Å². The van der Waals surface area contributed by atoms with Crippen LogP contribution in [0, 0.1) is 5.41 Å². The van der Waals surface area contributed by atoms with E-state index < -0.39 is 5.60 Å². The van der Waals surface area contributed by atoms with E-state index in [2.05, 4.69) is 46.9 Å². The summed E-state index contributed by atoms with van der Waals surface area (Å²) in [7, 11) is 0. The molecule has 4 heteroatoms. The van der Waals surface area contributed by atoms with Crippen LogP contribution in [-0.2, 0) is 4.74 Å². The Morgan fingerprint density at radius 2 is 1.72 bits per heavy atom. The van der Waals surface area contributed by atoms with Gasteiger partial charge in [0.2, 0.25) is 0 Å². The SMILES string of the molecule is CC(CC1CCCCN1C(=O)OC(C)(C)C)NC(C)(C)CC(C)(C)C. The highest BCUT2D eigenvalue weighted by Crippen LogP contribution is 2.28. The molecule has 0 aromatic heterocycles. The first-order valence-electron chi connectivity index (χ1n) is 9.96. The summed E-state index contributed by atoms with van der Waals surface area (Å²) in [5.41, 5.74) is -0.0513. The fourth-order valence-electron chi connectivity index (χ4n) is 4.32. The van der Waals surface area contributed by atoms with Crippen molar-refractivity contribution in [1.82, 2.24) is 10.2 Å². The molecule has 0 aromatic rings. The van der Waals surface area contributed by atoms with Crippen molar-refractivity contribution < 1.29 is 9.53 Å². The maximum absolute atomic E-state index is 12.6. The predicted octanol–water partition coefficient (Wildman–Crippen LogP) is 5.36. The van der Waals surface area contributed by atoms with E-state index in [9.17, 15) is 4.79 Å². The molecule has 4 nitrogen and oxygen atoms in total. The Kier molecular flexibility index (Phi) is 7.38. The molecule has 25 heavy (non-hydrogen) atoms. The van der Waals surface area contributed by atoms with Gasteiger partial charge in [0.15, 0.2) is 0 Å². The van der Waals surface area contributed by atoms with Crippen molar-refractivity contribution in [2.24, 2.45) is 5.41 Å². The molecule has 1 amide bonds. The Morgan fingerprint density at radius 1 is 1.12 bits per heavy atom. The molecule has 1 heterocycles. The van der Waals surface area contributed by atoms with Gasteiger partial charge in [0.25, 0.3) is 0 Å². The van der Waals surface area contributed by atoms with Crippen LogP contribution in [0.25, 0.3) is 0 Å². The van der Waals surface area contributed by atoms with E-state index in [0.717, 1.165) is 32.2 Å². The van der Waals surface area contributed by atoms with Gasteiger partial charge in [-0.05, 0) is 79.1 Å². The van der Waals surface area contributed by atoms with Crippen molar-refractivity contribution in [2.75, 3.05) is 6.54 Å². The van der Waals surface area contributed by atoms with Crippen LogP contribution in [0.1, 0.15) is 94.4 Å². The molecule has 1 aliphatic heterocycles. The number of carbonyl (C=O) groups excluding carboxylic acids is 1. The molecule has 1 rings (SSSR count). The molecule has 2 unspecified atom stereocenters. The standard InChI is InChI=1S/C21H42N2O2/c1-16(22-21(8,9)15-19(2,3)4)14-17-12-10-11-13-23(17)18(24)25-20(5,6)7/h16-17,22H,10-15H2,1-9H3. The van der Waals surface area contributed by atoms with E-state index in [1.54, 1.807) is 0 Å². The molecule has 0 saturated carbocycles. The number of hydrogen-bond donors (Lipinski definition) is 1. The molecular weight excluding hydrogens is 312 g/mol. The fraction of sp³-hybridized carbons (Fsp3) is 0.952. The monoisotopic (exact) mass is 354 g/mol. The van der Waals surface area contributed by atoms with E-state index in [-0.39, 0.29) is 17.7 Å². The first kappa shape index (κ1) is 22.3. The van der Waals surface area contributed by atoms with Crippen LogP contribution < -0.4 is 5.32 Å². The van der Waals surface area contributed by atoms with Crippen molar-refractivity contribution in [1.29, 1.82) is 0 Å². The molecular formula is C21H42N2O2. The average Bonchev–Trinajstić information content (AvgIpc) is 2.32. The molecule has 2 atom stereocenters. The zero-order valence-corrected chi connectivity index (χ0v) is 18.2. The van der Waals surface area contributed by atoms with E-state index in [0.29, 0.717) is 11.5 Å². The second-order valence-corrected chi connectivity index (χ2v) is 10.7. The number of amides is 1. The van der Waals surface area contributed by atoms with Crippen molar-refractivity contribution in [3.05, 3.63) is 0 Å². The van der Waals surface area contributed by atoms with Gasteiger partial charge in [-0.15, -0.1) is 0 Å². The van der Waals surface area contributed by atoms with E-state index >= 15 is 0 Å². The minimum atomic E-state index is -0.433. The van der Waals surface area contributed by atoms with Gasteiger partial charge in [-0.1, -0.05) is 20.8 Å². The average molecular weight is 355 g/mol. The Hall–Kier alpha value is -0.770. The summed E-state index contributed by atoms with van der Waals surface area (Å²) in [4.78, 5) is 14.5. The quantitative estimate of drug-likeness (QED) is 0.722. The smallest absolute Gasteiger partial charge is 0.410 e. The highest BCUT2D eigenvalue weighted by Gasteiger charge is 2.33. The van der Waals surface area contributed by atoms with Crippen molar-refractivity contribution in [3.63, 3.8) is 0 Å². The molecule has 0 aromatic carbocycles. The normalized spacial score (nSPS) is 21.2. The van der Waals surface area contributed by atoms with Gasteiger partial charge < -0.3 is 15.0 Å². The third kappa shape index (κ3) is 8.94. The maximum atomic E-state index is 12.6. The Labute approximate surface area is 156 Å². The summed E-state index contributed by atoms with van der Waals surface area (Å²) in [5.74, 6) is 0. The van der Waals surface area contributed by atoms with Crippen molar-refractivity contribution in [3.8, 4) is 0 Å². The summed E-state index contributed by atoms with van der Waals surface area (Å²) < 4.78 is 5.62. The van der Waals surface area contributed by atoms with Crippen LogP contribution in [0.3, 0.4) is 0 Å². The molecule has 1 saturated heterocycles. The number of nitrogens with zero attached hydrogens (tertiary/aromatic N) is 1. The van der Waals surface area contributed by atoms with Crippen LogP contribution in [0.5, 0.6) is 0 Å². The van der Waals surface area contributed by atoms with Crippen molar-refractivity contribution in [2.45, 2.75) is 118 Å². The summed E-state index contributed by atoms with van der Waals surface area (Å²) >= 11 is 0. The molecule has 1 fully saturated rings. The lowest BCUT2D eigenvalue weighted by Crippen LogP contribution is -2.51. The summed E-state index contributed by atoms with van der Waals surface area (Å²) in [5, 5.41) is 3.79. The van der Waals surface area contributed by atoms with Gasteiger partial charge in [-0.25, -0.2) is 4.79 Å². The number of nitrogens with one attached hydrogen (secondary N) is 1. The maximum Gasteiger partial charge on any atom is 0.410 e. The van der Waals surface area contributed by atoms with Crippen LogP contribution in [0.4, 0.5) is 4.79 Å². The lowest BCUT2D eigenvalue weighted by Gasteiger charge is -2.40. The van der Waals surface area contributed by atoms with Gasteiger partial charge >= 0.3 is 6.09 Å². The Morgan fingerprint density at radius 3 is 2.24 bits per heavy atom. The molecule has 1 N–H and O–H groups in total. The first-order valence-corrected chi connectivity index (χ1v) is 9.96. The lowest BCUT2D eigenvalue weighted by atomic mass is 9.81. The zero-order valence-electron chi connectivity index (χ0n) is 18.2. The van der Waals surface area contributed by atoms with Crippen LogP contribution >= 0.6 is 0 Å². The molecule has 0 radical (unpaired) electrons. The summed E-state index contributed by atoms with van der Waals surface area (Å²) in [6, 6.07) is 0.641. The van der Waals surface area contributed by atoms with E-state index in [1.807, 2.05) is 25.7 Å². The number of hydrogen-bond acceptors (Lipinski definition) is 3. The van der Waals surface area contributed by atoms with E-state index in [1.165, 1.54) is 6.42 Å².